The largest absolute Gasteiger partial charge is 0.213 e. The highest BCUT2D eigenvalue weighted by molar-refractivity contribution is 7.89. The number of rotatable bonds is 5. The Bertz CT molecular complexity index is 330. The van der Waals surface area contributed by atoms with E-state index in [1.807, 2.05) is 6.07 Å². The van der Waals surface area contributed by atoms with Gasteiger partial charge in [0.1, 0.15) is 5.54 Å². The van der Waals surface area contributed by atoms with Gasteiger partial charge in [0, 0.05) is 5.88 Å². The molecule has 14 heavy (non-hydrogen) atoms. The molecule has 0 aromatic rings. The van der Waals surface area contributed by atoms with Crippen LogP contribution < -0.4 is 4.72 Å². The van der Waals surface area contributed by atoms with Crippen LogP contribution >= 0.6 is 11.6 Å². The van der Waals surface area contributed by atoms with E-state index in [0.717, 1.165) is 6.42 Å². The molecule has 0 saturated heterocycles. The molecule has 1 N–H and O–H groups in total. The fourth-order valence-electron chi connectivity index (χ4n) is 1.36. The second-order valence-electron chi connectivity index (χ2n) is 3.51. The van der Waals surface area contributed by atoms with E-state index in [1.54, 1.807) is 0 Å². The molecular formula is C8H13ClN2O2S. The minimum atomic E-state index is -3.33. The number of nitrogens with one attached hydrogen (secondary N) is 1. The lowest BCUT2D eigenvalue weighted by Crippen LogP contribution is -2.52. The average Bonchev–Trinajstić information content (AvgIpc) is 2.08. The standard InChI is InChI=1S/C8H13ClN2O2S/c9-5-2-6-14(12,13)11-8(7-10)3-1-4-8/h11H,1-6H2. The molecule has 0 spiro atoms. The van der Waals surface area contributed by atoms with Gasteiger partial charge in [-0.3, -0.25) is 0 Å². The van der Waals surface area contributed by atoms with E-state index in [1.165, 1.54) is 0 Å². The van der Waals surface area contributed by atoms with Gasteiger partial charge in [-0.2, -0.15) is 9.98 Å². The first-order valence-electron chi connectivity index (χ1n) is 4.52. The van der Waals surface area contributed by atoms with Gasteiger partial charge >= 0.3 is 0 Å². The first-order chi connectivity index (χ1) is 6.54. The summed E-state index contributed by atoms with van der Waals surface area (Å²) in [6.45, 7) is 0. The molecule has 0 atom stereocenters. The number of nitrogens with zero attached hydrogens (tertiary/aromatic N) is 1. The predicted molar refractivity (Wildman–Crippen MR) is 54.5 cm³/mol. The third-order valence-electron chi connectivity index (χ3n) is 2.32. The van der Waals surface area contributed by atoms with Crippen LogP contribution in [-0.4, -0.2) is 25.6 Å². The summed E-state index contributed by atoms with van der Waals surface area (Å²) < 4.78 is 25.3. The van der Waals surface area contributed by atoms with Crippen molar-refractivity contribution >= 4 is 21.6 Å². The Hall–Kier alpha value is -0.310. The fraction of sp³-hybridized carbons (Fsp3) is 0.875. The van der Waals surface area contributed by atoms with E-state index in [0.29, 0.717) is 25.1 Å². The Balaban J connectivity index is 2.54. The van der Waals surface area contributed by atoms with Crippen molar-refractivity contribution in [2.75, 3.05) is 11.6 Å². The third-order valence-corrected chi connectivity index (χ3v) is 4.11. The van der Waals surface area contributed by atoms with Crippen molar-refractivity contribution in [2.45, 2.75) is 31.2 Å². The molecule has 80 valence electrons. The summed E-state index contributed by atoms with van der Waals surface area (Å²) in [6.07, 6.45) is 2.55. The highest BCUT2D eigenvalue weighted by Gasteiger charge is 2.40. The number of hydrogen-bond acceptors (Lipinski definition) is 3. The predicted octanol–water partition coefficient (Wildman–Crippen LogP) is 0.981. The molecule has 0 heterocycles. The first kappa shape index (κ1) is 11.8. The maximum atomic E-state index is 11.4. The highest BCUT2D eigenvalue weighted by Crippen LogP contribution is 2.31. The normalized spacial score (nSPS) is 19.7. The Morgan fingerprint density at radius 3 is 2.50 bits per heavy atom. The smallest absolute Gasteiger partial charge is 0.212 e. The van der Waals surface area contributed by atoms with Crippen LogP contribution in [0.25, 0.3) is 0 Å². The monoisotopic (exact) mass is 236 g/mol. The molecule has 4 nitrogen and oxygen atoms in total. The number of alkyl halides is 1. The maximum Gasteiger partial charge on any atom is 0.213 e. The molecule has 1 aliphatic carbocycles. The van der Waals surface area contributed by atoms with Crippen LogP contribution in [0.3, 0.4) is 0 Å². The molecule has 0 unspecified atom stereocenters. The summed E-state index contributed by atoms with van der Waals surface area (Å²) >= 11 is 5.40. The zero-order chi connectivity index (χ0) is 10.7. The molecule has 1 aliphatic rings. The molecular weight excluding hydrogens is 224 g/mol. The van der Waals surface area contributed by atoms with Gasteiger partial charge in [-0.05, 0) is 25.7 Å². The third kappa shape index (κ3) is 2.84. The van der Waals surface area contributed by atoms with E-state index < -0.39 is 15.6 Å². The topological polar surface area (TPSA) is 70.0 Å². The SMILES string of the molecule is N#CC1(NS(=O)(=O)CCCCl)CCC1. The van der Waals surface area contributed by atoms with Crippen LogP contribution in [0.4, 0.5) is 0 Å². The van der Waals surface area contributed by atoms with E-state index in [2.05, 4.69) is 4.72 Å². The van der Waals surface area contributed by atoms with Gasteiger partial charge in [-0.1, -0.05) is 0 Å². The summed E-state index contributed by atoms with van der Waals surface area (Å²) in [5.41, 5.74) is -0.828. The molecule has 0 aliphatic heterocycles. The summed E-state index contributed by atoms with van der Waals surface area (Å²) in [5, 5.41) is 8.82. The van der Waals surface area contributed by atoms with Crippen molar-refractivity contribution in [2.24, 2.45) is 0 Å². The van der Waals surface area contributed by atoms with Crippen LogP contribution in [0.15, 0.2) is 0 Å². The minimum Gasteiger partial charge on any atom is -0.212 e. The van der Waals surface area contributed by atoms with E-state index in [9.17, 15) is 8.42 Å². The second-order valence-corrected chi connectivity index (χ2v) is 5.73. The van der Waals surface area contributed by atoms with Crippen LogP contribution in [0, 0.1) is 11.3 Å². The Morgan fingerprint density at radius 1 is 1.50 bits per heavy atom. The highest BCUT2D eigenvalue weighted by atomic mass is 35.5. The van der Waals surface area contributed by atoms with Crippen molar-refractivity contribution in [3.63, 3.8) is 0 Å². The van der Waals surface area contributed by atoms with Crippen LogP contribution in [0.2, 0.25) is 0 Å². The number of halogens is 1. The maximum absolute atomic E-state index is 11.4. The molecule has 0 bridgehead atoms. The van der Waals surface area contributed by atoms with E-state index in [4.69, 9.17) is 16.9 Å². The lowest BCUT2D eigenvalue weighted by Gasteiger charge is -2.35. The van der Waals surface area contributed by atoms with Crippen molar-refractivity contribution in [3.8, 4) is 6.07 Å². The summed E-state index contributed by atoms with van der Waals surface area (Å²) in [6, 6.07) is 2.02. The Labute approximate surface area is 89.3 Å². The molecule has 1 rings (SSSR count). The molecule has 1 saturated carbocycles. The van der Waals surface area contributed by atoms with E-state index >= 15 is 0 Å². The van der Waals surface area contributed by atoms with Crippen molar-refractivity contribution in [1.29, 1.82) is 5.26 Å². The number of hydrogen-bond donors (Lipinski definition) is 1. The molecule has 0 aromatic carbocycles. The van der Waals surface area contributed by atoms with Crippen LogP contribution in [0.1, 0.15) is 25.7 Å². The van der Waals surface area contributed by atoms with E-state index in [-0.39, 0.29) is 5.75 Å². The quantitative estimate of drug-likeness (QED) is 0.724. The van der Waals surface area contributed by atoms with Gasteiger partial charge in [-0.25, -0.2) is 8.42 Å². The van der Waals surface area contributed by atoms with Crippen LogP contribution in [0.5, 0.6) is 0 Å². The number of nitriles is 1. The Kier molecular flexibility index (Phi) is 3.76. The van der Waals surface area contributed by atoms with Gasteiger partial charge in [0.25, 0.3) is 0 Å². The summed E-state index contributed by atoms with van der Waals surface area (Å²) in [7, 11) is -3.33. The van der Waals surface area contributed by atoms with Crippen molar-refractivity contribution in [3.05, 3.63) is 0 Å². The minimum absolute atomic E-state index is 0.0000694. The Morgan fingerprint density at radius 2 is 2.14 bits per heavy atom. The molecule has 1 fully saturated rings. The second kappa shape index (κ2) is 4.47. The lowest BCUT2D eigenvalue weighted by atomic mass is 9.79. The zero-order valence-corrected chi connectivity index (χ0v) is 9.36. The van der Waals surface area contributed by atoms with Crippen LogP contribution in [-0.2, 0) is 10.0 Å². The average molecular weight is 237 g/mol. The molecule has 0 amide bonds. The van der Waals surface area contributed by atoms with Gasteiger partial charge in [0.2, 0.25) is 10.0 Å². The fourth-order valence-corrected chi connectivity index (χ4v) is 3.12. The molecule has 0 aromatic heterocycles. The van der Waals surface area contributed by atoms with Crippen molar-refractivity contribution < 1.29 is 8.42 Å². The van der Waals surface area contributed by atoms with Gasteiger partial charge in [0.05, 0.1) is 11.8 Å². The van der Waals surface area contributed by atoms with Gasteiger partial charge in [0.15, 0.2) is 0 Å². The zero-order valence-electron chi connectivity index (χ0n) is 7.79. The van der Waals surface area contributed by atoms with Crippen molar-refractivity contribution in [1.82, 2.24) is 4.72 Å². The molecule has 6 heteroatoms. The first-order valence-corrected chi connectivity index (χ1v) is 6.71. The van der Waals surface area contributed by atoms with Gasteiger partial charge < -0.3 is 0 Å². The van der Waals surface area contributed by atoms with Gasteiger partial charge in [-0.15, -0.1) is 11.6 Å². The molecule has 0 radical (unpaired) electrons. The lowest BCUT2D eigenvalue weighted by molar-refractivity contribution is 0.296. The number of sulfonamides is 1. The summed E-state index contributed by atoms with van der Waals surface area (Å²) in [4.78, 5) is 0. The summed E-state index contributed by atoms with van der Waals surface area (Å²) in [5.74, 6) is 0.320.